The van der Waals surface area contributed by atoms with Gasteiger partial charge in [0, 0.05) is 0 Å². The van der Waals surface area contributed by atoms with Crippen LogP contribution in [-0.4, -0.2) is 27.8 Å². The lowest BCUT2D eigenvalue weighted by Gasteiger charge is -2.01. The van der Waals surface area contributed by atoms with Gasteiger partial charge in [0.15, 0.2) is 0 Å². The van der Waals surface area contributed by atoms with Gasteiger partial charge in [-0.2, -0.15) is 0 Å². The van der Waals surface area contributed by atoms with E-state index >= 15 is 0 Å². The van der Waals surface area contributed by atoms with Gasteiger partial charge >= 0.3 is 5.97 Å². The standard InChI is InChI=1S/C8H6N2O3S/c1-13-5-2-4(8(11)12)3-6-7(5)9-10-14-6/h2-3H,1H3,(H,11,12). The van der Waals surface area contributed by atoms with E-state index in [4.69, 9.17) is 9.84 Å². The van der Waals surface area contributed by atoms with Gasteiger partial charge in [0.05, 0.1) is 17.4 Å². The van der Waals surface area contributed by atoms with Crippen LogP contribution >= 0.6 is 11.5 Å². The van der Waals surface area contributed by atoms with Crippen molar-refractivity contribution in [2.45, 2.75) is 0 Å². The summed E-state index contributed by atoms with van der Waals surface area (Å²) in [6.45, 7) is 0. The van der Waals surface area contributed by atoms with Crippen molar-refractivity contribution in [2.24, 2.45) is 0 Å². The van der Waals surface area contributed by atoms with Gasteiger partial charge in [0.25, 0.3) is 0 Å². The third kappa shape index (κ3) is 1.29. The molecule has 0 amide bonds. The summed E-state index contributed by atoms with van der Waals surface area (Å²) in [5.41, 5.74) is 0.780. The fraction of sp³-hybridized carbons (Fsp3) is 0.125. The van der Waals surface area contributed by atoms with Crippen molar-refractivity contribution < 1.29 is 14.6 Å². The number of ether oxygens (including phenoxy) is 1. The first-order valence-electron chi connectivity index (χ1n) is 3.76. The number of carboxylic acids is 1. The quantitative estimate of drug-likeness (QED) is 0.811. The first kappa shape index (κ1) is 8.89. The molecule has 1 N–H and O–H groups in total. The van der Waals surface area contributed by atoms with Crippen LogP contribution in [0.1, 0.15) is 10.4 Å². The Morgan fingerprint density at radius 2 is 2.36 bits per heavy atom. The third-order valence-electron chi connectivity index (χ3n) is 1.79. The lowest BCUT2D eigenvalue weighted by Crippen LogP contribution is -1.97. The average Bonchev–Trinajstić information content (AvgIpc) is 2.63. The average molecular weight is 210 g/mol. The second kappa shape index (κ2) is 3.22. The summed E-state index contributed by atoms with van der Waals surface area (Å²) in [5, 5.41) is 12.7. The van der Waals surface area contributed by atoms with E-state index in [1.54, 1.807) is 0 Å². The molecule has 1 aromatic carbocycles. The minimum absolute atomic E-state index is 0.181. The van der Waals surface area contributed by atoms with E-state index in [1.165, 1.54) is 19.2 Å². The molecule has 0 aliphatic carbocycles. The molecule has 0 radical (unpaired) electrons. The SMILES string of the molecule is COc1cc(C(=O)O)cc2snnc12. The predicted octanol–water partition coefficient (Wildman–Crippen LogP) is 1.40. The number of carbonyl (C=O) groups is 1. The van der Waals surface area contributed by atoms with Crippen LogP contribution in [0.5, 0.6) is 5.75 Å². The van der Waals surface area contributed by atoms with Gasteiger partial charge < -0.3 is 9.84 Å². The smallest absolute Gasteiger partial charge is 0.335 e. The molecule has 0 atom stereocenters. The van der Waals surface area contributed by atoms with Crippen molar-refractivity contribution in [2.75, 3.05) is 7.11 Å². The molecule has 1 aromatic heterocycles. The molecule has 0 unspecified atom stereocenters. The number of nitrogens with zero attached hydrogens (tertiary/aromatic N) is 2. The second-order valence-electron chi connectivity index (χ2n) is 2.60. The molecular weight excluding hydrogens is 204 g/mol. The molecule has 2 rings (SSSR count). The van der Waals surface area contributed by atoms with Crippen LogP contribution in [0.2, 0.25) is 0 Å². The van der Waals surface area contributed by atoms with Crippen molar-refractivity contribution in [3.8, 4) is 5.75 Å². The second-order valence-corrected chi connectivity index (χ2v) is 3.39. The van der Waals surface area contributed by atoms with E-state index in [0.717, 1.165) is 11.5 Å². The molecule has 14 heavy (non-hydrogen) atoms. The minimum Gasteiger partial charge on any atom is -0.494 e. The molecule has 0 saturated heterocycles. The van der Waals surface area contributed by atoms with Gasteiger partial charge in [0.1, 0.15) is 11.3 Å². The van der Waals surface area contributed by atoms with Gasteiger partial charge in [-0.05, 0) is 23.7 Å². The van der Waals surface area contributed by atoms with E-state index in [0.29, 0.717) is 16.0 Å². The van der Waals surface area contributed by atoms with Gasteiger partial charge in [-0.25, -0.2) is 4.79 Å². The molecule has 6 heteroatoms. The zero-order valence-corrected chi connectivity index (χ0v) is 8.04. The minimum atomic E-state index is -0.987. The Labute approximate surface area is 83.1 Å². The Bertz CT molecular complexity index is 494. The van der Waals surface area contributed by atoms with E-state index in [1.807, 2.05) is 0 Å². The lowest BCUT2D eigenvalue weighted by atomic mass is 10.2. The number of rotatable bonds is 2. The predicted molar refractivity (Wildman–Crippen MR) is 50.9 cm³/mol. The first-order valence-corrected chi connectivity index (χ1v) is 4.53. The summed E-state index contributed by atoms with van der Waals surface area (Å²) in [4.78, 5) is 10.7. The number of aromatic nitrogens is 2. The highest BCUT2D eigenvalue weighted by molar-refractivity contribution is 7.13. The fourth-order valence-electron chi connectivity index (χ4n) is 1.13. The van der Waals surface area contributed by atoms with Gasteiger partial charge in [-0.1, -0.05) is 4.49 Å². The summed E-state index contributed by atoms with van der Waals surface area (Å²) in [6.07, 6.45) is 0. The van der Waals surface area contributed by atoms with E-state index in [9.17, 15) is 4.79 Å². The van der Waals surface area contributed by atoms with Crippen molar-refractivity contribution in [3.63, 3.8) is 0 Å². The molecule has 0 spiro atoms. The van der Waals surface area contributed by atoms with Crippen molar-refractivity contribution in [1.82, 2.24) is 9.59 Å². The van der Waals surface area contributed by atoms with E-state index < -0.39 is 5.97 Å². The molecule has 2 aromatic rings. The molecular formula is C8H6N2O3S. The molecule has 72 valence electrons. The number of carboxylic acid groups (broad SMARTS) is 1. The Hall–Kier alpha value is -1.69. The molecule has 0 fully saturated rings. The van der Waals surface area contributed by atoms with Crippen molar-refractivity contribution in [3.05, 3.63) is 17.7 Å². The molecule has 0 aliphatic rings. The monoisotopic (exact) mass is 210 g/mol. The Morgan fingerprint density at radius 3 is 3.00 bits per heavy atom. The fourth-order valence-corrected chi connectivity index (χ4v) is 1.75. The third-order valence-corrected chi connectivity index (χ3v) is 2.46. The van der Waals surface area contributed by atoms with Crippen LogP contribution in [-0.2, 0) is 0 Å². The van der Waals surface area contributed by atoms with E-state index in [2.05, 4.69) is 9.59 Å². The van der Waals surface area contributed by atoms with Crippen molar-refractivity contribution in [1.29, 1.82) is 0 Å². The first-order chi connectivity index (χ1) is 6.72. The summed E-state index contributed by atoms with van der Waals surface area (Å²) >= 11 is 1.14. The number of fused-ring (bicyclic) bond motifs is 1. The number of hydrogen-bond acceptors (Lipinski definition) is 5. The van der Waals surface area contributed by atoms with Crippen molar-refractivity contribution >= 4 is 27.7 Å². The highest BCUT2D eigenvalue weighted by atomic mass is 32.1. The van der Waals surface area contributed by atoms with Crippen LogP contribution in [0, 0.1) is 0 Å². The largest absolute Gasteiger partial charge is 0.494 e. The van der Waals surface area contributed by atoms with Crippen LogP contribution in [0.15, 0.2) is 12.1 Å². The molecule has 0 aliphatic heterocycles. The molecule has 1 heterocycles. The van der Waals surface area contributed by atoms with Gasteiger partial charge in [-0.15, -0.1) is 5.10 Å². The lowest BCUT2D eigenvalue weighted by molar-refractivity contribution is 0.0696. The Morgan fingerprint density at radius 1 is 1.57 bits per heavy atom. The van der Waals surface area contributed by atoms with Crippen LogP contribution in [0.3, 0.4) is 0 Å². The number of benzene rings is 1. The van der Waals surface area contributed by atoms with Crippen LogP contribution in [0.4, 0.5) is 0 Å². The summed E-state index contributed by atoms with van der Waals surface area (Å²) in [5.74, 6) is -0.549. The van der Waals surface area contributed by atoms with E-state index in [-0.39, 0.29) is 5.56 Å². The summed E-state index contributed by atoms with van der Waals surface area (Å²) in [6, 6.07) is 2.97. The maximum Gasteiger partial charge on any atom is 0.335 e. The normalized spacial score (nSPS) is 10.4. The molecule has 0 saturated carbocycles. The Balaban J connectivity index is 2.73. The van der Waals surface area contributed by atoms with Crippen LogP contribution < -0.4 is 4.74 Å². The number of aromatic carboxylic acids is 1. The highest BCUT2D eigenvalue weighted by Gasteiger charge is 2.11. The number of methoxy groups -OCH3 is 1. The molecule has 0 bridgehead atoms. The van der Waals surface area contributed by atoms with Gasteiger partial charge in [-0.3, -0.25) is 0 Å². The summed E-state index contributed by atoms with van der Waals surface area (Å²) in [7, 11) is 1.47. The number of hydrogen-bond donors (Lipinski definition) is 1. The Kier molecular flexibility index (Phi) is 2.05. The van der Waals surface area contributed by atoms with Crippen LogP contribution in [0.25, 0.3) is 10.2 Å². The summed E-state index contributed by atoms with van der Waals surface area (Å²) < 4.78 is 9.46. The maximum atomic E-state index is 10.7. The highest BCUT2D eigenvalue weighted by Crippen LogP contribution is 2.27. The zero-order valence-electron chi connectivity index (χ0n) is 7.22. The topological polar surface area (TPSA) is 72.3 Å². The molecule has 5 nitrogen and oxygen atoms in total. The van der Waals surface area contributed by atoms with Gasteiger partial charge in [0.2, 0.25) is 0 Å². The zero-order chi connectivity index (χ0) is 10.1. The maximum absolute atomic E-state index is 10.7.